The van der Waals surface area contributed by atoms with Crippen molar-refractivity contribution in [2.24, 2.45) is 0 Å². The Hall–Kier alpha value is -3.02. The lowest BCUT2D eigenvalue weighted by molar-refractivity contribution is -0.133. The number of nitrogens with one attached hydrogen (secondary N) is 1. The molecule has 1 N–H and O–H groups in total. The van der Waals surface area contributed by atoms with Crippen molar-refractivity contribution >= 4 is 17.5 Å². The molecule has 0 aliphatic carbocycles. The van der Waals surface area contributed by atoms with Crippen LogP contribution < -0.4 is 14.8 Å². The summed E-state index contributed by atoms with van der Waals surface area (Å²) in [6.07, 6.45) is 0. The van der Waals surface area contributed by atoms with Crippen LogP contribution in [0.25, 0.3) is 0 Å². The summed E-state index contributed by atoms with van der Waals surface area (Å²) in [5.74, 6) is 0.774. The highest BCUT2D eigenvalue weighted by molar-refractivity contribution is 5.95. The second-order valence-electron chi connectivity index (χ2n) is 7.91. The normalized spacial score (nSPS) is 11.0. The van der Waals surface area contributed by atoms with E-state index in [9.17, 15) is 9.59 Å². The minimum atomic E-state index is -0.239. The summed E-state index contributed by atoms with van der Waals surface area (Å²) < 4.78 is 10.6. The average Bonchev–Trinajstić information content (AvgIpc) is 2.66. The summed E-state index contributed by atoms with van der Waals surface area (Å²) in [7, 11) is 3.13. The fourth-order valence-corrected chi connectivity index (χ4v) is 3.09. The average molecular weight is 399 g/mol. The zero-order valence-corrected chi connectivity index (χ0v) is 18.0. The van der Waals surface area contributed by atoms with Gasteiger partial charge in [-0.05, 0) is 34.7 Å². The first-order valence-corrected chi connectivity index (χ1v) is 9.51. The number of carbonyl (C=O) groups is 2. The van der Waals surface area contributed by atoms with Gasteiger partial charge in [0, 0.05) is 19.2 Å². The van der Waals surface area contributed by atoms with Crippen molar-refractivity contribution in [2.45, 2.75) is 39.7 Å². The van der Waals surface area contributed by atoms with Crippen LogP contribution in [-0.2, 0) is 21.5 Å². The summed E-state index contributed by atoms with van der Waals surface area (Å²) in [5, 5.41) is 2.95. The lowest BCUT2D eigenvalue weighted by Crippen LogP contribution is -2.36. The van der Waals surface area contributed by atoms with Crippen LogP contribution in [0.4, 0.5) is 5.69 Å². The summed E-state index contributed by atoms with van der Waals surface area (Å²) >= 11 is 0. The molecule has 0 aliphatic rings. The molecule has 0 spiro atoms. The number of anilines is 1. The fourth-order valence-electron chi connectivity index (χ4n) is 3.09. The zero-order valence-electron chi connectivity index (χ0n) is 18.0. The fraction of sp³-hybridized carbons (Fsp3) is 0.391. The Morgan fingerprint density at radius 3 is 2.24 bits per heavy atom. The van der Waals surface area contributed by atoms with Gasteiger partial charge in [0.15, 0.2) is 11.5 Å². The van der Waals surface area contributed by atoms with Gasteiger partial charge in [0.2, 0.25) is 11.8 Å². The second-order valence-corrected chi connectivity index (χ2v) is 7.91. The molecule has 0 saturated heterocycles. The van der Waals surface area contributed by atoms with Gasteiger partial charge in [-0.25, -0.2) is 0 Å². The molecule has 6 heteroatoms. The maximum absolute atomic E-state index is 12.7. The Labute approximate surface area is 172 Å². The molecule has 0 heterocycles. The third-order valence-corrected chi connectivity index (χ3v) is 4.61. The lowest BCUT2D eigenvalue weighted by Gasteiger charge is -2.25. The molecule has 0 fully saturated rings. The van der Waals surface area contributed by atoms with Gasteiger partial charge in [-0.1, -0.05) is 45.0 Å². The Morgan fingerprint density at radius 2 is 1.66 bits per heavy atom. The van der Waals surface area contributed by atoms with Crippen molar-refractivity contribution in [2.75, 3.05) is 26.1 Å². The Morgan fingerprint density at radius 1 is 1.00 bits per heavy atom. The standard InChI is InChI=1S/C23H30N2O4/c1-16(26)25(14-17-11-12-20(28-5)21(13-17)29-6)15-22(27)24-19-10-8-7-9-18(19)23(2,3)4/h7-13H,14-15H2,1-6H3,(H,24,27). The van der Waals surface area contributed by atoms with Gasteiger partial charge in [-0.2, -0.15) is 0 Å². The quantitative estimate of drug-likeness (QED) is 0.766. The number of methoxy groups -OCH3 is 2. The molecule has 29 heavy (non-hydrogen) atoms. The van der Waals surface area contributed by atoms with E-state index in [1.54, 1.807) is 20.3 Å². The molecule has 0 aliphatic heterocycles. The number of hydrogen-bond acceptors (Lipinski definition) is 4. The van der Waals surface area contributed by atoms with Crippen molar-refractivity contribution in [3.05, 3.63) is 53.6 Å². The topological polar surface area (TPSA) is 67.9 Å². The number of carbonyl (C=O) groups excluding carboxylic acids is 2. The lowest BCUT2D eigenvalue weighted by atomic mass is 9.86. The van der Waals surface area contributed by atoms with Crippen molar-refractivity contribution < 1.29 is 19.1 Å². The van der Waals surface area contributed by atoms with Gasteiger partial charge < -0.3 is 19.7 Å². The number of rotatable bonds is 7. The van der Waals surface area contributed by atoms with Crippen molar-refractivity contribution in [1.82, 2.24) is 4.90 Å². The van der Waals surface area contributed by atoms with Gasteiger partial charge in [0.25, 0.3) is 0 Å². The molecule has 0 radical (unpaired) electrons. The van der Waals surface area contributed by atoms with Crippen LogP contribution >= 0.6 is 0 Å². The summed E-state index contributed by atoms with van der Waals surface area (Å²) in [6, 6.07) is 13.2. The highest BCUT2D eigenvalue weighted by Gasteiger charge is 2.20. The molecule has 0 aromatic heterocycles. The maximum Gasteiger partial charge on any atom is 0.244 e. The minimum absolute atomic E-state index is 0.0395. The van der Waals surface area contributed by atoms with E-state index in [1.807, 2.05) is 36.4 Å². The van der Waals surface area contributed by atoms with Crippen LogP contribution in [0.15, 0.2) is 42.5 Å². The first-order chi connectivity index (χ1) is 13.7. The van der Waals surface area contributed by atoms with Crippen LogP contribution in [0.3, 0.4) is 0 Å². The first-order valence-electron chi connectivity index (χ1n) is 9.51. The van der Waals surface area contributed by atoms with Crippen molar-refractivity contribution in [1.29, 1.82) is 0 Å². The maximum atomic E-state index is 12.7. The highest BCUT2D eigenvalue weighted by Crippen LogP contribution is 2.30. The van der Waals surface area contributed by atoms with Gasteiger partial charge in [-0.15, -0.1) is 0 Å². The molecule has 2 rings (SSSR count). The molecule has 0 unspecified atom stereocenters. The molecular formula is C23H30N2O4. The predicted octanol–water partition coefficient (Wildman–Crippen LogP) is 3.99. The van der Waals surface area contributed by atoms with Crippen molar-refractivity contribution in [3.8, 4) is 11.5 Å². The van der Waals surface area contributed by atoms with Crippen LogP contribution in [0.2, 0.25) is 0 Å². The molecule has 0 atom stereocenters. The van der Waals surface area contributed by atoms with E-state index >= 15 is 0 Å². The van der Waals surface area contributed by atoms with Crippen LogP contribution in [-0.4, -0.2) is 37.5 Å². The number of ether oxygens (including phenoxy) is 2. The molecule has 2 amide bonds. The van der Waals surface area contributed by atoms with E-state index in [0.29, 0.717) is 18.0 Å². The smallest absolute Gasteiger partial charge is 0.244 e. The molecular weight excluding hydrogens is 368 g/mol. The van der Waals surface area contributed by atoms with E-state index in [0.717, 1.165) is 16.8 Å². The van der Waals surface area contributed by atoms with Gasteiger partial charge in [0.05, 0.1) is 14.2 Å². The third kappa shape index (κ3) is 5.98. The minimum Gasteiger partial charge on any atom is -0.493 e. The molecule has 0 bridgehead atoms. The van der Waals surface area contributed by atoms with Gasteiger partial charge in [-0.3, -0.25) is 9.59 Å². The van der Waals surface area contributed by atoms with E-state index in [-0.39, 0.29) is 23.8 Å². The van der Waals surface area contributed by atoms with E-state index in [1.165, 1.54) is 11.8 Å². The molecule has 0 saturated carbocycles. The third-order valence-electron chi connectivity index (χ3n) is 4.61. The summed E-state index contributed by atoms with van der Waals surface area (Å²) in [5.41, 5.74) is 2.55. The number of hydrogen-bond donors (Lipinski definition) is 1. The Balaban J connectivity index is 2.14. The highest BCUT2D eigenvalue weighted by atomic mass is 16.5. The predicted molar refractivity (Wildman–Crippen MR) is 114 cm³/mol. The number of benzene rings is 2. The molecule has 2 aromatic rings. The van der Waals surface area contributed by atoms with Crippen LogP contribution in [0.5, 0.6) is 11.5 Å². The van der Waals surface area contributed by atoms with E-state index in [4.69, 9.17) is 9.47 Å². The van der Waals surface area contributed by atoms with E-state index < -0.39 is 0 Å². The number of para-hydroxylation sites is 1. The summed E-state index contributed by atoms with van der Waals surface area (Å²) in [6.45, 7) is 7.99. The zero-order chi connectivity index (χ0) is 21.6. The molecule has 156 valence electrons. The largest absolute Gasteiger partial charge is 0.493 e. The SMILES string of the molecule is COc1ccc(CN(CC(=O)Nc2ccccc2C(C)(C)C)C(C)=O)cc1OC. The number of nitrogens with zero attached hydrogens (tertiary/aromatic N) is 1. The van der Waals surface area contributed by atoms with E-state index in [2.05, 4.69) is 26.1 Å². The van der Waals surface area contributed by atoms with Gasteiger partial charge >= 0.3 is 0 Å². The van der Waals surface area contributed by atoms with Crippen molar-refractivity contribution in [3.63, 3.8) is 0 Å². The summed E-state index contributed by atoms with van der Waals surface area (Å²) in [4.78, 5) is 26.3. The van der Waals surface area contributed by atoms with Crippen LogP contribution in [0.1, 0.15) is 38.8 Å². The Kier molecular flexibility index (Phi) is 7.26. The second kappa shape index (κ2) is 9.45. The molecule has 6 nitrogen and oxygen atoms in total. The number of amides is 2. The van der Waals surface area contributed by atoms with Gasteiger partial charge in [0.1, 0.15) is 6.54 Å². The monoisotopic (exact) mass is 398 g/mol. The Bertz CT molecular complexity index is 871. The first kappa shape index (κ1) is 22.3. The van der Waals surface area contributed by atoms with Crippen LogP contribution in [0, 0.1) is 0 Å². The molecule has 2 aromatic carbocycles.